The molecule has 0 spiro atoms. The second kappa shape index (κ2) is 5.91. The van der Waals surface area contributed by atoms with Gasteiger partial charge < -0.3 is 24.4 Å². The third-order valence-corrected chi connectivity index (χ3v) is 2.44. The Labute approximate surface area is 114 Å². The molecule has 0 aliphatic heterocycles. The lowest BCUT2D eigenvalue weighted by Gasteiger charge is -2.07. The number of carbonyl (C=O) groups excluding carboxylic acids is 1. The molecule has 0 atom stereocenters. The Kier molecular flexibility index (Phi) is 4.04. The van der Waals surface area contributed by atoms with Crippen molar-refractivity contribution in [3.05, 3.63) is 24.1 Å². The summed E-state index contributed by atoms with van der Waals surface area (Å²) in [5, 5.41) is 7.59. The number of carbonyl (C=O) groups is 1. The van der Waals surface area contributed by atoms with Gasteiger partial charge in [-0.2, -0.15) is 0 Å². The standard InChI is InChI=1S/C12H13N3O5/c1-17-8-4-3-7(5-9(8)18-2)11-15-14-10(20-11)6-19-12(13)16/h3-5H,6H2,1-2H3,(H2,13,16). The molecule has 0 saturated heterocycles. The number of methoxy groups -OCH3 is 2. The van der Waals surface area contributed by atoms with Crippen LogP contribution >= 0.6 is 0 Å². The van der Waals surface area contributed by atoms with Gasteiger partial charge in [-0.05, 0) is 18.2 Å². The quantitative estimate of drug-likeness (QED) is 0.879. The van der Waals surface area contributed by atoms with Crippen LogP contribution in [-0.2, 0) is 11.3 Å². The minimum atomic E-state index is -0.907. The molecule has 1 heterocycles. The summed E-state index contributed by atoms with van der Waals surface area (Å²) >= 11 is 0. The molecule has 0 aliphatic rings. The van der Waals surface area contributed by atoms with E-state index in [1.807, 2.05) is 0 Å². The highest BCUT2D eigenvalue weighted by molar-refractivity contribution is 5.64. The lowest BCUT2D eigenvalue weighted by Crippen LogP contribution is -2.12. The van der Waals surface area contributed by atoms with Crippen molar-refractivity contribution < 1.29 is 23.4 Å². The summed E-state index contributed by atoms with van der Waals surface area (Å²) < 4.78 is 20.2. The number of amides is 1. The molecule has 0 fully saturated rings. The molecule has 0 unspecified atom stereocenters. The first kappa shape index (κ1) is 13.7. The Hall–Kier alpha value is -2.77. The number of nitrogens with zero attached hydrogens (tertiary/aromatic N) is 2. The number of nitrogens with two attached hydrogens (primary N) is 1. The average molecular weight is 279 g/mol. The van der Waals surface area contributed by atoms with Crippen LogP contribution in [0.25, 0.3) is 11.5 Å². The fourth-order valence-electron chi connectivity index (χ4n) is 1.53. The van der Waals surface area contributed by atoms with Gasteiger partial charge in [0.1, 0.15) is 0 Å². The molecular weight excluding hydrogens is 266 g/mol. The van der Waals surface area contributed by atoms with Gasteiger partial charge in [0.25, 0.3) is 5.89 Å². The Morgan fingerprint density at radius 3 is 2.65 bits per heavy atom. The average Bonchev–Trinajstić information content (AvgIpc) is 2.93. The van der Waals surface area contributed by atoms with Crippen molar-refractivity contribution in [3.8, 4) is 23.0 Å². The van der Waals surface area contributed by atoms with E-state index in [0.29, 0.717) is 17.1 Å². The van der Waals surface area contributed by atoms with E-state index in [4.69, 9.17) is 19.6 Å². The van der Waals surface area contributed by atoms with E-state index in [9.17, 15) is 4.79 Å². The molecule has 2 N–H and O–H groups in total. The van der Waals surface area contributed by atoms with Crippen LogP contribution in [0.3, 0.4) is 0 Å². The molecule has 0 bridgehead atoms. The van der Waals surface area contributed by atoms with E-state index in [1.54, 1.807) is 25.3 Å². The highest BCUT2D eigenvalue weighted by atomic mass is 16.6. The van der Waals surface area contributed by atoms with E-state index in [-0.39, 0.29) is 18.4 Å². The second-order valence-corrected chi connectivity index (χ2v) is 3.68. The highest BCUT2D eigenvalue weighted by Crippen LogP contribution is 2.31. The largest absolute Gasteiger partial charge is 0.493 e. The maximum atomic E-state index is 10.5. The first-order valence-electron chi connectivity index (χ1n) is 5.61. The van der Waals surface area contributed by atoms with Crippen molar-refractivity contribution in [2.75, 3.05) is 14.2 Å². The molecule has 0 saturated carbocycles. The van der Waals surface area contributed by atoms with Crippen LogP contribution in [0, 0.1) is 0 Å². The van der Waals surface area contributed by atoms with E-state index in [1.165, 1.54) is 7.11 Å². The molecule has 8 heteroatoms. The molecule has 0 aliphatic carbocycles. The van der Waals surface area contributed by atoms with Crippen LogP contribution in [0.2, 0.25) is 0 Å². The number of aromatic nitrogens is 2. The zero-order valence-corrected chi connectivity index (χ0v) is 11.0. The van der Waals surface area contributed by atoms with E-state index in [2.05, 4.69) is 14.9 Å². The normalized spacial score (nSPS) is 10.1. The summed E-state index contributed by atoms with van der Waals surface area (Å²) in [5.41, 5.74) is 5.50. The molecular formula is C12H13N3O5. The molecule has 1 aromatic carbocycles. The molecule has 8 nitrogen and oxygen atoms in total. The monoisotopic (exact) mass is 279 g/mol. The van der Waals surface area contributed by atoms with Gasteiger partial charge in [0.15, 0.2) is 18.1 Å². The van der Waals surface area contributed by atoms with E-state index in [0.717, 1.165) is 0 Å². The number of hydrogen-bond acceptors (Lipinski definition) is 7. The second-order valence-electron chi connectivity index (χ2n) is 3.68. The summed E-state index contributed by atoms with van der Waals surface area (Å²) in [5.74, 6) is 1.55. The van der Waals surface area contributed by atoms with Crippen LogP contribution in [0.1, 0.15) is 5.89 Å². The summed E-state index contributed by atoms with van der Waals surface area (Å²) in [7, 11) is 3.07. The van der Waals surface area contributed by atoms with Crippen LogP contribution in [0.4, 0.5) is 4.79 Å². The lowest BCUT2D eigenvalue weighted by atomic mass is 10.2. The zero-order valence-electron chi connectivity index (χ0n) is 11.0. The number of ether oxygens (including phenoxy) is 3. The maximum absolute atomic E-state index is 10.5. The topological polar surface area (TPSA) is 110 Å². The van der Waals surface area contributed by atoms with Gasteiger partial charge in [0, 0.05) is 5.56 Å². The van der Waals surface area contributed by atoms with Crippen molar-refractivity contribution >= 4 is 6.09 Å². The number of hydrogen-bond donors (Lipinski definition) is 1. The SMILES string of the molecule is COc1ccc(-c2nnc(COC(N)=O)o2)cc1OC. The molecule has 0 radical (unpaired) electrons. The first-order chi connectivity index (χ1) is 9.63. The molecule has 106 valence electrons. The van der Waals surface area contributed by atoms with Gasteiger partial charge >= 0.3 is 6.09 Å². The predicted molar refractivity (Wildman–Crippen MR) is 67.2 cm³/mol. The number of benzene rings is 1. The molecule has 2 rings (SSSR count). The third-order valence-electron chi connectivity index (χ3n) is 2.44. The molecule has 2 aromatic rings. The van der Waals surface area contributed by atoms with Crippen molar-refractivity contribution in [2.24, 2.45) is 5.73 Å². The Bertz CT molecular complexity index is 611. The Balaban J connectivity index is 2.21. The molecule has 20 heavy (non-hydrogen) atoms. The number of primary amides is 1. The van der Waals surface area contributed by atoms with Gasteiger partial charge in [-0.15, -0.1) is 10.2 Å². The minimum Gasteiger partial charge on any atom is -0.493 e. The smallest absolute Gasteiger partial charge is 0.405 e. The van der Waals surface area contributed by atoms with Gasteiger partial charge in [0.2, 0.25) is 5.89 Å². The first-order valence-corrected chi connectivity index (χ1v) is 5.61. The summed E-state index contributed by atoms with van der Waals surface area (Å²) in [6.07, 6.45) is -0.907. The fraction of sp³-hybridized carbons (Fsp3) is 0.250. The van der Waals surface area contributed by atoms with Gasteiger partial charge in [-0.25, -0.2) is 4.79 Å². The van der Waals surface area contributed by atoms with Crippen molar-refractivity contribution in [3.63, 3.8) is 0 Å². The zero-order chi connectivity index (χ0) is 14.5. The molecule has 1 amide bonds. The molecule has 1 aromatic heterocycles. The van der Waals surface area contributed by atoms with Gasteiger partial charge in [-0.1, -0.05) is 0 Å². The minimum absolute atomic E-state index is 0.147. The van der Waals surface area contributed by atoms with Crippen molar-refractivity contribution in [1.82, 2.24) is 10.2 Å². The highest BCUT2D eigenvalue weighted by Gasteiger charge is 2.12. The number of rotatable bonds is 5. The van der Waals surface area contributed by atoms with Crippen LogP contribution in [0.15, 0.2) is 22.6 Å². The van der Waals surface area contributed by atoms with Crippen LogP contribution in [0.5, 0.6) is 11.5 Å². The summed E-state index contributed by atoms with van der Waals surface area (Å²) in [4.78, 5) is 10.5. The Morgan fingerprint density at radius 1 is 1.25 bits per heavy atom. The van der Waals surface area contributed by atoms with Crippen molar-refractivity contribution in [1.29, 1.82) is 0 Å². The lowest BCUT2D eigenvalue weighted by molar-refractivity contribution is 0.139. The summed E-state index contributed by atoms with van der Waals surface area (Å²) in [6, 6.07) is 5.16. The van der Waals surface area contributed by atoms with Crippen molar-refractivity contribution in [2.45, 2.75) is 6.61 Å². The predicted octanol–water partition coefficient (Wildman–Crippen LogP) is 1.35. The third kappa shape index (κ3) is 2.97. The maximum Gasteiger partial charge on any atom is 0.405 e. The fourth-order valence-corrected chi connectivity index (χ4v) is 1.53. The Morgan fingerprint density at radius 2 is 2.00 bits per heavy atom. The van der Waals surface area contributed by atoms with Gasteiger partial charge in [-0.3, -0.25) is 0 Å². The van der Waals surface area contributed by atoms with E-state index >= 15 is 0 Å². The van der Waals surface area contributed by atoms with Gasteiger partial charge in [0.05, 0.1) is 14.2 Å². The summed E-state index contributed by atoms with van der Waals surface area (Å²) in [6.45, 7) is -0.171. The van der Waals surface area contributed by atoms with Crippen LogP contribution in [-0.4, -0.2) is 30.5 Å². The van der Waals surface area contributed by atoms with Crippen LogP contribution < -0.4 is 15.2 Å². The van der Waals surface area contributed by atoms with E-state index < -0.39 is 6.09 Å².